The second-order valence-electron chi connectivity index (χ2n) is 11.3. The average Bonchev–Trinajstić information content (AvgIpc) is 3.07. The molecule has 9 nitrogen and oxygen atoms in total. The van der Waals surface area contributed by atoms with E-state index in [2.05, 4.69) is 4.90 Å². The number of anilines is 1. The SMILES string of the molecule is CCN(CC)c1ccc(C(=O)NS(=O)(=O)c2ccc(C[C@H](CCN3CCOCC3)CSc3ccccc3)c(S(=O)(=O)C(F)(F)F)c2)cc1. The molecule has 3 aromatic rings. The van der Waals surface area contributed by atoms with Gasteiger partial charge in [-0.1, -0.05) is 24.3 Å². The number of alkyl halides is 3. The number of amides is 1. The number of rotatable bonds is 15. The standard InChI is InChI=1S/C33H40F3N3O6S3/c1-3-39(4-2)28-13-10-26(11-14-28)32(40)37-48(43,44)30-15-12-27(31(23-30)47(41,42)33(34,35)36)22-25(16-17-38-18-20-45-21-19-38)24-46-29-8-6-5-7-9-29/h5-15,23,25H,3-4,16-22,24H2,1-2H3,(H,37,40)/t25-/m0/s1. The number of morpholine rings is 1. The first-order valence-corrected chi connectivity index (χ1v) is 19.5. The molecule has 1 aliphatic rings. The van der Waals surface area contributed by atoms with Gasteiger partial charge in [0, 0.05) is 48.1 Å². The van der Waals surface area contributed by atoms with Gasteiger partial charge in [0.05, 0.1) is 23.0 Å². The van der Waals surface area contributed by atoms with E-state index in [9.17, 15) is 34.8 Å². The molecule has 48 heavy (non-hydrogen) atoms. The molecule has 0 unspecified atom stereocenters. The Morgan fingerprint density at radius 3 is 2.21 bits per heavy atom. The summed E-state index contributed by atoms with van der Waals surface area (Å²) >= 11 is 1.51. The van der Waals surface area contributed by atoms with Gasteiger partial charge in [-0.3, -0.25) is 9.69 Å². The molecule has 0 bridgehead atoms. The van der Waals surface area contributed by atoms with Crippen LogP contribution in [-0.2, 0) is 31.0 Å². The summed E-state index contributed by atoms with van der Waals surface area (Å²) in [6, 6.07) is 18.3. The number of carbonyl (C=O) groups excluding carboxylic acids is 1. The van der Waals surface area contributed by atoms with Crippen LogP contribution in [0, 0.1) is 5.92 Å². The Morgan fingerprint density at radius 2 is 1.60 bits per heavy atom. The van der Waals surface area contributed by atoms with Crippen molar-refractivity contribution in [3.05, 3.63) is 83.9 Å². The summed E-state index contributed by atoms with van der Waals surface area (Å²) in [6.45, 7) is 8.58. The third kappa shape index (κ3) is 9.74. The first-order chi connectivity index (χ1) is 22.7. The van der Waals surface area contributed by atoms with E-state index in [1.807, 2.05) is 53.8 Å². The van der Waals surface area contributed by atoms with E-state index in [0.29, 0.717) is 51.1 Å². The molecule has 1 saturated heterocycles. The third-order valence-electron chi connectivity index (χ3n) is 8.12. The lowest BCUT2D eigenvalue weighted by molar-refractivity contribution is -0.0436. The van der Waals surface area contributed by atoms with Crippen molar-refractivity contribution >= 4 is 43.2 Å². The number of carbonyl (C=O) groups is 1. The molecule has 1 atom stereocenters. The topological polar surface area (TPSA) is 113 Å². The molecule has 1 aliphatic heterocycles. The lowest BCUT2D eigenvalue weighted by Crippen LogP contribution is -2.37. The van der Waals surface area contributed by atoms with Crippen LogP contribution >= 0.6 is 11.8 Å². The van der Waals surface area contributed by atoms with Gasteiger partial charge in [-0.05, 0) is 93.2 Å². The van der Waals surface area contributed by atoms with Crippen LogP contribution in [0.2, 0.25) is 0 Å². The van der Waals surface area contributed by atoms with Crippen LogP contribution in [0.5, 0.6) is 0 Å². The Kier molecular flexibility index (Phi) is 13.0. The van der Waals surface area contributed by atoms with Crippen molar-refractivity contribution in [2.45, 2.75) is 46.9 Å². The fourth-order valence-electron chi connectivity index (χ4n) is 5.37. The highest BCUT2D eigenvalue weighted by Gasteiger charge is 2.48. The van der Waals surface area contributed by atoms with Gasteiger partial charge in [0.1, 0.15) is 0 Å². The molecule has 1 N–H and O–H groups in total. The summed E-state index contributed by atoms with van der Waals surface area (Å²) in [5.41, 5.74) is -5.00. The Balaban J connectivity index is 1.62. The molecule has 1 fully saturated rings. The van der Waals surface area contributed by atoms with Gasteiger partial charge in [-0.15, -0.1) is 11.8 Å². The molecule has 15 heteroatoms. The van der Waals surface area contributed by atoms with Crippen LogP contribution < -0.4 is 9.62 Å². The molecule has 0 radical (unpaired) electrons. The van der Waals surface area contributed by atoms with Crippen molar-refractivity contribution in [1.29, 1.82) is 0 Å². The van der Waals surface area contributed by atoms with Gasteiger partial charge < -0.3 is 9.64 Å². The number of benzene rings is 3. The molecule has 0 spiro atoms. The zero-order valence-corrected chi connectivity index (χ0v) is 29.2. The lowest BCUT2D eigenvalue weighted by atomic mass is 9.97. The minimum absolute atomic E-state index is 0.00765. The van der Waals surface area contributed by atoms with Gasteiger partial charge in [0.25, 0.3) is 25.8 Å². The van der Waals surface area contributed by atoms with Crippen LogP contribution in [0.15, 0.2) is 87.5 Å². The van der Waals surface area contributed by atoms with E-state index >= 15 is 0 Å². The predicted molar refractivity (Wildman–Crippen MR) is 181 cm³/mol. The van der Waals surface area contributed by atoms with Crippen LogP contribution in [0.4, 0.5) is 18.9 Å². The molecule has 4 rings (SSSR count). The summed E-state index contributed by atoms with van der Waals surface area (Å²) in [4.78, 5) is 16.1. The van der Waals surface area contributed by atoms with Gasteiger partial charge in [-0.25, -0.2) is 21.6 Å². The first kappa shape index (κ1) is 37.7. The quantitative estimate of drug-likeness (QED) is 0.200. The molecule has 0 saturated carbocycles. The number of sulfone groups is 1. The number of hydrogen-bond donors (Lipinski definition) is 1. The van der Waals surface area contributed by atoms with E-state index < -0.39 is 41.1 Å². The summed E-state index contributed by atoms with van der Waals surface area (Å²) in [5, 5.41) is 0. The Labute approximate surface area is 284 Å². The number of halogens is 3. The smallest absolute Gasteiger partial charge is 0.379 e. The highest BCUT2D eigenvalue weighted by Crippen LogP contribution is 2.35. The molecule has 1 heterocycles. The lowest BCUT2D eigenvalue weighted by Gasteiger charge is -2.28. The second kappa shape index (κ2) is 16.5. The summed E-state index contributed by atoms with van der Waals surface area (Å²) < 4.78 is 101. The van der Waals surface area contributed by atoms with Crippen molar-refractivity contribution in [2.75, 3.05) is 56.6 Å². The maximum absolute atomic E-state index is 14.0. The number of nitrogens with one attached hydrogen (secondary N) is 1. The zero-order chi connectivity index (χ0) is 35.0. The Bertz CT molecular complexity index is 1730. The van der Waals surface area contributed by atoms with Crippen molar-refractivity contribution in [3.8, 4) is 0 Å². The maximum Gasteiger partial charge on any atom is 0.501 e. The van der Waals surface area contributed by atoms with Gasteiger partial charge in [-0.2, -0.15) is 13.2 Å². The van der Waals surface area contributed by atoms with Crippen LogP contribution in [0.25, 0.3) is 0 Å². The molecule has 1 amide bonds. The number of sulfonamides is 1. The predicted octanol–water partition coefficient (Wildman–Crippen LogP) is 5.62. The average molecular weight is 728 g/mol. The fourth-order valence-corrected chi connectivity index (χ4v) is 8.54. The maximum atomic E-state index is 14.0. The number of ether oxygens (including phenoxy) is 1. The molecule has 3 aromatic carbocycles. The summed E-state index contributed by atoms with van der Waals surface area (Å²) in [6.07, 6.45) is 0.523. The third-order valence-corrected chi connectivity index (χ3v) is 12.3. The number of nitrogens with zero attached hydrogens (tertiary/aromatic N) is 2. The highest BCUT2D eigenvalue weighted by atomic mass is 32.2. The second-order valence-corrected chi connectivity index (χ2v) is 16.0. The van der Waals surface area contributed by atoms with E-state index in [-0.39, 0.29) is 23.5 Å². The van der Waals surface area contributed by atoms with Crippen LogP contribution in [0.1, 0.15) is 36.2 Å². The van der Waals surface area contributed by atoms with Crippen molar-refractivity contribution in [1.82, 2.24) is 9.62 Å². The molecule has 0 aromatic heterocycles. The zero-order valence-electron chi connectivity index (χ0n) is 26.8. The Morgan fingerprint density at radius 1 is 0.958 bits per heavy atom. The van der Waals surface area contributed by atoms with E-state index in [4.69, 9.17) is 4.74 Å². The highest BCUT2D eigenvalue weighted by molar-refractivity contribution is 7.99. The molecule has 262 valence electrons. The summed E-state index contributed by atoms with van der Waals surface area (Å²) in [7, 11) is -10.7. The fraction of sp³-hybridized carbons (Fsp3) is 0.424. The Hall–Kier alpha value is -3.11. The number of thioether (sulfide) groups is 1. The largest absolute Gasteiger partial charge is 0.501 e. The minimum Gasteiger partial charge on any atom is -0.379 e. The van der Waals surface area contributed by atoms with E-state index in [1.165, 1.54) is 23.9 Å². The van der Waals surface area contributed by atoms with Crippen LogP contribution in [0.3, 0.4) is 0 Å². The van der Waals surface area contributed by atoms with E-state index in [0.717, 1.165) is 35.8 Å². The van der Waals surface area contributed by atoms with Crippen molar-refractivity contribution in [2.24, 2.45) is 5.92 Å². The number of hydrogen-bond acceptors (Lipinski definition) is 9. The van der Waals surface area contributed by atoms with Crippen LogP contribution in [-0.4, -0.2) is 84.8 Å². The van der Waals surface area contributed by atoms with Gasteiger partial charge in [0.15, 0.2) is 0 Å². The van der Waals surface area contributed by atoms with Gasteiger partial charge in [0.2, 0.25) is 0 Å². The molecule has 0 aliphatic carbocycles. The first-order valence-electron chi connectivity index (χ1n) is 15.6. The van der Waals surface area contributed by atoms with Crippen molar-refractivity contribution in [3.63, 3.8) is 0 Å². The molecular weight excluding hydrogens is 688 g/mol. The monoisotopic (exact) mass is 727 g/mol. The normalized spacial score (nSPS) is 15.2. The van der Waals surface area contributed by atoms with Gasteiger partial charge >= 0.3 is 5.51 Å². The summed E-state index contributed by atoms with van der Waals surface area (Å²) in [5.74, 6) is -0.767. The van der Waals surface area contributed by atoms with E-state index in [1.54, 1.807) is 12.1 Å². The molecular formula is C33H40F3N3O6S3. The van der Waals surface area contributed by atoms with Crippen molar-refractivity contribution < 1.29 is 39.5 Å². The minimum atomic E-state index is -5.95.